The monoisotopic (exact) mass is 354 g/mol. The number of phenols is 2. The van der Waals surface area contributed by atoms with Crippen molar-refractivity contribution >= 4 is 8.25 Å². The van der Waals surface area contributed by atoms with Crippen molar-refractivity contribution < 1.29 is 33.3 Å². The second-order valence-electron chi connectivity index (χ2n) is 4.84. The van der Waals surface area contributed by atoms with Gasteiger partial charge in [-0.05, 0) is 35.4 Å². The number of phenolic OH excluding ortho intramolecular Hbond substituents is 2. The summed E-state index contributed by atoms with van der Waals surface area (Å²) in [5.41, 5.74) is 1.39. The first kappa shape index (κ1) is 18.1. The molecule has 24 heavy (non-hydrogen) atoms. The van der Waals surface area contributed by atoms with Crippen molar-refractivity contribution in [1.29, 1.82) is 0 Å². The zero-order chi connectivity index (χ0) is 17.5. The first-order valence-corrected chi connectivity index (χ1v) is 8.27. The number of methoxy groups -OCH3 is 2. The van der Waals surface area contributed by atoms with Crippen molar-refractivity contribution in [3.63, 3.8) is 0 Å². The molecule has 0 aliphatic rings. The summed E-state index contributed by atoms with van der Waals surface area (Å²) in [7, 11) is 0.184. The molecule has 0 amide bonds. The Morgan fingerprint density at radius 1 is 0.833 bits per heavy atom. The highest BCUT2D eigenvalue weighted by atomic mass is 31.1. The Bertz CT molecular complexity index is 658. The van der Waals surface area contributed by atoms with E-state index in [-0.39, 0.29) is 24.7 Å². The van der Waals surface area contributed by atoms with Crippen LogP contribution in [-0.2, 0) is 26.8 Å². The number of ether oxygens (including phenoxy) is 2. The Morgan fingerprint density at radius 3 is 1.62 bits per heavy atom. The molecule has 0 aromatic heterocycles. The van der Waals surface area contributed by atoms with Crippen LogP contribution in [0, 0.1) is 0 Å². The molecule has 8 heteroatoms. The van der Waals surface area contributed by atoms with Crippen molar-refractivity contribution in [3.8, 4) is 23.0 Å². The molecule has 7 nitrogen and oxygen atoms in total. The van der Waals surface area contributed by atoms with E-state index in [0.29, 0.717) is 22.6 Å². The van der Waals surface area contributed by atoms with E-state index >= 15 is 0 Å². The van der Waals surface area contributed by atoms with Crippen molar-refractivity contribution in [3.05, 3.63) is 47.5 Å². The molecule has 130 valence electrons. The van der Waals surface area contributed by atoms with Gasteiger partial charge in [-0.3, -0.25) is 4.57 Å². The van der Waals surface area contributed by atoms with Crippen molar-refractivity contribution in [1.82, 2.24) is 0 Å². The molecule has 0 saturated carbocycles. The highest BCUT2D eigenvalue weighted by molar-refractivity contribution is 7.33. The molecule has 2 aromatic rings. The predicted octanol–water partition coefficient (Wildman–Crippen LogP) is 3.24. The maximum Gasteiger partial charge on any atom is 0.319 e. The van der Waals surface area contributed by atoms with Crippen LogP contribution in [0.15, 0.2) is 36.4 Å². The van der Waals surface area contributed by atoms with Crippen LogP contribution in [0.25, 0.3) is 0 Å². The largest absolute Gasteiger partial charge is 0.504 e. The third-order valence-electron chi connectivity index (χ3n) is 3.20. The maximum atomic E-state index is 11.8. The zero-order valence-electron chi connectivity index (χ0n) is 13.3. The Labute approximate surface area is 140 Å². The molecule has 0 aliphatic carbocycles. The fourth-order valence-corrected chi connectivity index (χ4v) is 2.60. The molecule has 2 aromatic carbocycles. The van der Waals surface area contributed by atoms with Gasteiger partial charge >= 0.3 is 8.25 Å². The van der Waals surface area contributed by atoms with Crippen molar-refractivity contribution in [2.24, 2.45) is 0 Å². The second kappa shape index (κ2) is 8.59. The van der Waals surface area contributed by atoms with Crippen molar-refractivity contribution in [2.75, 3.05) is 14.2 Å². The molecule has 0 bridgehead atoms. The van der Waals surface area contributed by atoms with Gasteiger partial charge in [-0.2, -0.15) is 0 Å². The Hall–Kier alpha value is -2.21. The van der Waals surface area contributed by atoms with Gasteiger partial charge in [-0.1, -0.05) is 12.1 Å². The summed E-state index contributed by atoms with van der Waals surface area (Å²) in [6.45, 7) is 0.126. The Kier molecular flexibility index (Phi) is 6.49. The van der Waals surface area contributed by atoms with Gasteiger partial charge in [-0.25, -0.2) is 0 Å². The minimum Gasteiger partial charge on any atom is -0.504 e. The van der Waals surface area contributed by atoms with Crippen molar-refractivity contribution in [2.45, 2.75) is 13.2 Å². The van der Waals surface area contributed by atoms with Crippen LogP contribution in [0.3, 0.4) is 0 Å². The van der Waals surface area contributed by atoms with E-state index in [4.69, 9.17) is 18.5 Å². The van der Waals surface area contributed by atoms with Crippen LogP contribution in [-0.4, -0.2) is 24.4 Å². The van der Waals surface area contributed by atoms with E-state index in [0.717, 1.165) is 0 Å². The van der Waals surface area contributed by atoms with Crippen LogP contribution in [0.5, 0.6) is 23.0 Å². The summed E-state index contributed by atoms with van der Waals surface area (Å²) >= 11 is 0. The molecular formula is C16H19O7P. The lowest BCUT2D eigenvalue weighted by molar-refractivity contribution is 0.212. The molecule has 0 spiro atoms. The van der Waals surface area contributed by atoms with Crippen LogP contribution in [0.2, 0.25) is 0 Å². The highest BCUT2D eigenvalue weighted by Gasteiger charge is 2.07. The standard InChI is InChI=1S/C16H19O7P/c1-20-15-7-11(3-5-13(15)17)9-22-24(19)23-10-12-4-6-14(18)16(8-12)21-2/h3-8,17-18,24H,9-10H2,1-2H3. The number of aromatic hydroxyl groups is 2. The molecule has 0 radical (unpaired) electrons. The number of hydrogen-bond acceptors (Lipinski definition) is 7. The molecule has 0 fully saturated rings. The van der Waals surface area contributed by atoms with Crippen LogP contribution >= 0.6 is 8.25 Å². The van der Waals surface area contributed by atoms with Gasteiger partial charge in [0.05, 0.1) is 27.4 Å². The topological polar surface area (TPSA) is 94.5 Å². The Balaban J connectivity index is 1.85. The quantitative estimate of drug-likeness (QED) is 0.703. The maximum absolute atomic E-state index is 11.8. The highest BCUT2D eigenvalue weighted by Crippen LogP contribution is 2.32. The lowest BCUT2D eigenvalue weighted by Gasteiger charge is -2.09. The number of benzene rings is 2. The van der Waals surface area contributed by atoms with Gasteiger partial charge < -0.3 is 28.7 Å². The van der Waals surface area contributed by atoms with Crippen LogP contribution in [0.1, 0.15) is 11.1 Å². The van der Waals surface area contributed by atoms with E-state index in [1.807, 2.05) is 0 Å². The van der Waals surface area contributed by atoms with E-state index in [9.17, 15) is 14.8 Å². The van der Waals surface area contributed by atoms with Gasteiger partial charge in [0.15, 0.2) is 23.0 Å². The smallest absolute Gasteiger partial charge is 0.319 e. The summed E-state index contributed by atoms with van der Waals surface area (Å²) in [6, 6.07) is 9.40. The van der Waals surface area contributed by atoms with Gasteiger partial charge in [-0.15, -0.1) is 0 Å². The minimum absolute atomic E-state index is 0.0198. The normalized spacial score (nSPS) is 10.8. The second-order valence-corrected chi connectivity index (χ2v) is 5.92. The molecule has 2 N–H and O–H groups in total. The van der Waals surface area contributed by atoms with Gasteiger partial charge in [0.25, 0.3) is 0 Å². The SMILES string of the molecule is COc1cc(CO[PH](=O)OCc2ccc(O)c(OC)c2)ccc1O. The number of hydrogen-bond donors (Lipinski definition) is 2. The third-order valence-corrected chi connectivity index (χ3v) is 3.96. The lowest BCUT2D eigenvalue weighted by Crippen LogP contribution is -1.92. The summed E-state index contributed by atoms with van der Waals surface area (Å²) in [6.07, 6.45) is 0. The molecule has 0 unspecified atom stereocenters. The predicted molar refractivity (Wildman–Crippen MR) is 87.9 cm³/mol. The average molecular weight is 354 g/mol. The lowest BCUT2D eigenvalue weighted by atomic mass is 10.2. The van der Waals surface area contributed by atoms with Crippen LogP contribution < -0.4 is 9.47 Å². The summed E-state index contributed by atoms with van der Waals surface area (Å²) in [5.74, 6) is 0.665. The molecule has 0 aliphatic heterocycles. The Morgan fingerprint density at radius 2 is 1.25 bits per heavy atom. The van der Waals surface area contributed by atoms with Gasteiger partial charge in [0, 0.05) is 0 Å². The zero-order valence-corrected chi connectivity index (χ0v) is 14.3. The number of rotatable bonds is 8. The van der Waals surface area contributed by atoms with E-state index in [2.05, 4.69) is 0 Å². The molecule has 2 rings (SSSR count). The fourth-order valence-electron chi connectivity index (χ4n) is 1.95. The molecule has 0 heterocycles. The molecular weight excluding hydrogens is 335 g/mol. The van der Waals surface area contributed by atoms with E-state index in [1.165, 1.54) is 26.4 Å². The first-order chi connectivity index (χ1) is 11.5. The third kappa shape index (κ3) is 4.89. The minimum atomic E-state index is -2.70. The molecule has 0 saturated heterocycles. The van der Waals surface area contributed by atoms with Gasteiger partial charge in [0.1, 0.15) is 0 Å². The fraction of sp³-hybridized carbons (Fsp3) is 0.250. The van der Waals surface area contributed by atoms with E-state index < -0.39 is 8.25 Å². The summed E-state index contributed by atoms with van der Waals surface area (Å²) in [5, 5.41) is 19.0. The summed E-state index contributed by atoms with van der Waals surface area (Å²) in [4.78, 5) is 0. The van der Waals surface area contributed by atoms with Crippen LogP contribution in [0.4, 0.5) is 0 Å². The van der Waals surface area contributed by atoms with Gasteiger partial charge in [0.2, 0.25) is 0 Å². The van der Waals surface area contributed by atoms with E-state index in [1.54, 1.807) is 24.3 Å². The first-order valence-electron chi connectivity index (χ1n) is 7.04. The average Bonchev–Trinajstić information content (AvgIpc) is 2.60. The molecule has 0 atom stereocenters. The summed E-state index contributed by atoms with van der Waals surface area (Å²) < 4.78 is 32.1.